The van der Waals surface area contributed by atoms with Crippen LogP contribution in [0.5, 0.6) is 0 Å². The number of aliphatic hydroxyl groups is 1. The van der Waals surface area contributed by atoms with Crippen LogP contribution in [-0.2, 0) is 4.79 Å². The minimum atomic E-state index is -0.346. The van der Waals surface area contributed by atoms with Crippen molar-refractivity contribution in [3.8, 4) is 0 Å². The zero-order valence-corrected chi connectivity index (χ0v) is 9.06. The molecule has 1 aliphatic carbocycles. The van der Waals surface area contributed by atoms with Crippen LogP contribution < -0.4 is 5.73 Å². The average molecular weight is 212 g/mol. The predicted molar refractivity (Wildman–Crippen MR) is 57.2 cm³/mol. The summed E-state index contributed by atoms with van der Waals surface area (Å²) in [5.41, 5.74) is 5.69. The fourth-order valence-corrected chi connectivity index (χ4v) is 2.69. The van der Waals surface area contributed by atoms with Gasteiger partial charge in [0.1, 0.15) is 0 Å². The van der Waals surface area contributed by atoms with Crippen molar-refractivity contribution in [2.24, 2.45) is 5.73 Å². The van der Waals surface area contributed by atoms with Crippen molar-refractivity contribution in [2.75, 3.05) is 6.54 Å². The minimum Gasteiger partial charge on any atom is -0.391 e. The summed E-state index contributed by atoms with van der Waals surface area (Å²) in [4.78, 5) is 13.6. The summed E-state index contributed by atoms with van der Waals surface area (Å²) >= 11 is 0. The number of carbonyl (C=O) groups excluding carboxylic acids is 1. The van der Waals surface area contributed by atoms with Gasteiger partial charge in [-0.2, -0.15) is 0 Å². The fourth-order valence-electron chi connectivity index (χ4n) is 2.69. The van der Waals surface area contributed by atoms with Crippen LogP contribution in [0.1, 0.15) is 38.5 Å². The van der Waals surface area contributed by atoms with Crippen molar-refractivity contribution in [3.05, 3.63) is 0 Å². The lowest BCUT2D eigenvalue weighted by Crippen LogP contribution is -2.46. The van der Waals surface area contributed by atoms with E-state index < -0.39 is 0 Å². The molecule has 1 amide bonds. The van der Waals surface area contributed by atoms with E-state index in [2.05, 4.69) is 0 Å². The van der Waals surface area contributed by atoms with Crippen LogP contribution in [0.4, 0.5) is 0 Å². The summed E-state index contributed by atoms with van der Waals surface area (Å²) in [6.45, 7) is 0.724. The van der Waals surface area contributed by atoms with Gasteiger partial charge in [-0.15, -0.1) is 0 Å². The summed E-state index contributed by atoms with van der Waals surface area (Å²) < 4.78 is 0. The molecule has 3 atom stereocenters. The van der Waals surface area contributed by atoms with Gasteiger partial charge in [0.25, 0.3) is 0 Å². The Morgan fingerprint density at radius 1 is 1.20 bits per heavy atom. The van der Waals surface area contributed by atoms with Crippen molar-refractivity contribution in [3.63, 3.8) is 0 Å². The molecule has 1 heterocycles. The second-order valence-electron chi connectivity index (χ2n) is 4.70. The van der Waals surface area contributed by atoms with Crippen molar-refractivity contribution < 1.29 is 9.90 Å². The average Bonchev–Trinajstić information content (AvgIpc) is 2.43. The highest BCUT2D eigenvalue weighted by Gasteiger charge is 2.37. The van der Waals surface area contributed by atoms with E-state index in [-0.39, 0.29) is 24.1 Å². The lowest BCUT2D eigenvalue weighted by Gasteiger charge is -2.30. The van der Waals surface area contributed by atoms with Gasteiger partial charge in [-0.05, 0) is 19.3 Å². The summed E-state index contributed by atoms with van der Waals surface area (Å²) in [6.07, 6.45) is 5.50. The molecule has 2 aliphatic rings. The largest absolute Gasteiger partial charge is 0.391 e. The number of hydrogen-bond donors (Lipinski definition) is 2. The highest BCUT2D eigenvalue weighted by Crippen LogP contribution is 2.25. The Kier molecular flexibility index (Phi) is 3.26. The highest BCUT2D eigenvalue weighted by molar-refractivity contribution is 5.84. The normalized spacial score (nSPS) is 38.1. The molecule has 4 heteroatoms. The topological polar surface area (TPSA) is 66.6 Å². The number of rotatable bonds is 1. The predicted octanol–water partition coefficient (Wildman–Crippen LogP) is 0.240. The number of carbonyl (C=O) groups is 1. The van der Waals surface area contributed by atoms with Crippen LogP contribution in [0.25, 0.3) is 0 Å². The Balaban J connectivity index is 2.04. The van der Waals surface area contributed by atoms with Crippen LogP contribution in [0.15, 0.2) is 0 Å². The van der Waals surface area contributed by atoms with E-state index in [0.717, 1.165) is 38.6 Å². The second kappa shape index (κ2) is 4.49. The maximum atomic E-state index is 11.8. The van der Waals surface area contributed by atoms with E-state index in [1.807, 2.05) is 0 Å². The number of nitrogens with zero attached hydrogens (tertiary/aromatic N) is 1. The molecular weight excluding hydrogens is 192 g/mol. The smallest absolute Gasteiger partial charge is 0.239 e. The van der Waals surface area contributed by atoms with Crippen molar-refractivity contribution in [1.29, 1.82) is 0 Å². The number of aliphatic hydroxyl groups excluding tert-OH is 1. The maximum absolute atomic E-state index is 11.8. The van der Waals surface area contributed by atoms with E-state index in [1.54, 1.807) is 4.90 Å². The molecule has 0 aromatic rings. The van der Waals surface area contributed by atoms with E-state index >= 15 is 0 Å². The van der Waals surface area contributed by atoms with Gasteiger partial charge >= 0.3 is 0 Å². The summed E-state index contributed by atoms with van der Waals surface area (Å²) in [6, 6.07) is -0.311. The van der Waals surface area contributed by atoms with Gasteiger partial charge in [0.2, 0.25) is 5.91 Å². The second-order valence-corrected chi connectivity index (χ2v) is 4.70. The molecule has 3 unspecified atom stereocenters. The molecule has 2 rings (SSSR count). The first-order valence-corrected chi connectivity index (χ1v) is 5.94. The Morgan fingerprint density at radius 3 is 2.60 bits per heavy atom. The van der Waals surface area contributed by atoms with E-state index in [1.165, 1.54) is 6.42 Å². The first-order chi connectivity index (χ1) is 7.20. The molecule has 0 bridgehead atoms. The standard InChI is InChI=1S/C11H20N2O2/c12-8-6-7-13(11(8)15)9-4-2-1-3-5-10(9)14/h8-10,14H,1-7,12H2. The van der Waals surface area contributed by atoms with Gasteiger partial charge in [0, 0.05) is 6.54 Å². The van der Waals surface area contributed by atoms with E-state index in [4.69, 9.17) is 5.73 Å². The Morgan fingerprint density at radius 2 is 1.93 bits per heavy atom. The van der Waals surface area contributed by atoms with E-state index in [9.17, 15) is 9.90 Å². The molecule has 86 valence electrons. The zero-order valence-electron chi connectivity index (χ0n) is 9.06. The third kappa shape index (κ3) is 2.16. The fraction of sp³-hybridized carbons (Fsp3) is 0.909. The lowest BCUT2D eigenvalue weighted by atomic mass is 10.0. The Hall–Kier alpha value is -0.610. The van der Waals surface area contributed by atoms with Gasteiger partial charge < -0.3 is 15.7 Å². The van der Waals surface area contributed by atoms with Crippen LogP contribution in [0.3, 0.4) is 0 Å². The molecule has 0 radical (unpaired) electrons. The maximum Gasteiger partial charge on any atom is 0.239 e. The number of nitrogens with two attached hydrogens (primary N) is 1. The number of hydrogen-bond acceptors (Lipinski definition) is 3. The molecule has 0 spiro atoms. The summed E-state index contributed by atoms with van der Waals surface area (Å²) in [5, 5.41) is 9.98. The molecule has 1 aliphatic heterocycles. The third-order valence-electron chi connectivity index (χ3n) is 3.63. The van der Waals surface area contributed by atoms with Gasteiger partial charge in [-0.1, -0.05) is 19.3 Å². The van der Waals surface area contributed by atoms with Gasteiger partial charge in [0.15, 0.2) is 0 Å². The first-order valence-electron chi connectivity index (χ1n) is 5.94. The molecule has 1 saturated heterocycles. The third-order valence-corrected chi connectivity index (χ3v) is 3.63. The SMILES string of the molecule is NC1CCN(C2CCCCCC2O)C1=O. The Bertz CT molecular complexity index is 245. The molecule has 0 aromatic heterocycles. The van der Waals surface area contributed by atoms with Crippen LogP contribution >= 0.6 is 0 Å². The van der Waals surface area contributed by atoms with Gasteiger partial charge in [0.05, 0.1) is 18.2 Å². The summed E-state index contributed by atoms with van der Waals surface area (Å²) in [7, 11) is 0. The summed E-state index contributed by atoms with van der Waals surface area (Å²) in [5.74, 6) is 0.0287. The van der Waals surface area contributed by atoms with Crippen molar-refractivity contribution in [2.45, 2.75) is 56.7 Å². The molecular formula is C11H20N2O2. The van der Waals surface area contributed by atoms with Crippen molar-refractivity contribution >= 4 is 5.91 Å². The zero-order chi connectivity index (χ0) is 10.8. The molecule has 15 heavy (non-hydrogen) atoms. The van der Waals surface area contributed by atoms with Gasteiger partial charge in [-0.3, -0.25) is 4.79 Å². The van der Waals surface area contributed by atoms with Crippen LogP contribution in [-0.4, -0.2) is 40.6 Å². The number of amides is 1. The molecule has 0 aromatic carbocycles. The molecule has 2 fully saturated rings. The van der Waals surface area contributed by atoms with Crippen LogP contribution in [0, 0.1) is 0 Å². The monoisotopic (exact) mass is 212 g/mol. The quantitative estimate of drug-likeness (QED) is 0.612. The Labute approximate surface area is 90.4 Å². The lowest BCUT2D eigenvalue weighted by molar-refractivity contribution is -0.133. The minimum absolute atomic E-state index is 0.0218. The molecule has 4 nitrogen and oxygen atoms in total. The van der Waals surface area contributed by atoms with Gasteiger partial charge in [-0.25, -0.2) is 0 Å². The molecule has 3 N–H and O–H groups in total. The van der Waals surface area contributed by atoms with E-state index in [0.29, 0.717) is 0 Å². The number of likely N-dealkylation sites (tertiary alicyclic amines) is 1. The first kappa shape index (κ1) is 10.9. The highest BCUT2D eigenvalue weighted by atomic mass is 16.3. The molecule has 1 saturated carbocycles. The van der Waals surface area contributed by atoms with Crippen LogP contribution in [0.2, 0.25) is 0 Å². The van der Waals surface area contributed by atoms with Crippen molar-refractivity contribution in [1.82, 2.24) is 4.90 Å².